The van der Waals surface area contributed by atoms with Crippen molar-refractivity contribution in [3.05, 3.63) is 35.4 Å². The monoisotopic (exact) mass is 595 g/mol. The fraction of sp³-hybridized carbons (Fsp3) is 0.588. The lowest BCUT2D eigenvalue weighted by Crippen LogP contribution is -2.16. The van der Waals surface area contributed by atoms with Crippen LogP contribution in [0.1, 0.15) is 111 Å². The van der Waals surface area contributed by atoms with Gasteiger partial charge in [0.2, 0.25) is 0 Å². The van der Waals surface area contributed by atoms with E-state index in [1.807, 2.05) is 24.3 Å². The molecule has 0 spiro atoms. The standard InChI is InChI=1S/C34H49N3O2S2/c1-8-12-16-24(10-3)22-38-30-26(20-35)27(21-36)31(39-23-25(11-4)17-13-9-2)33(41-34(5,6)7)32(30)40-29-19-15-14-18-28(29)37/h14-15,18-19,24-25H,8-13,16-17,22-23,37H2,1-7H3. The van der Waals surface area contributed by atoms with Crippen molar-refractivity contribution in [2.24, 2.45) is 11.8 Å². The van der Waals surface area contributed by atoms with Gasteiger partial charge in [-0.25, -0.2) is 0 Å². The third-order valence-corrected chi connectivity index (χ3v) is 9.62. The highest BCUT2D eigenvalue weighted by Gasteiger charge is 2.31. The van der Waals surface area contributed by atoms with E-state index in [9.17, 15) is 10.5 Å². The van der Waals surface area contributed by atoms with Crippen LogP contribution in [0.15, 0.2) is 39.0 Å². The summed E-state index contributed by atoms with van der Waals surface area (Å²) < 4.78 is 12.9. The summed E-state index contributed by atoms with van der Waals surface area (Å²) in [4.78, 5) is 2.50. The molecule has 2 N–H and O–H groups in total. The second-order valence-electron chi connectivity index (χ2n) is 11.6. The van der Waals surface area contributed by atoms with Crippen molar-refractivity contribution in [2.75, 3.05) is 18.9 Å². The molecule has 0 aromatic heterocycles. The van der Waals surface area contributed by atoms with Crippen LogP contribution in [0.25, 0.3) is 0 Å². The molecule has 2 atom stereocenters. The van der Waals surface area contributed by atoms with E-state index in [1.54, 1.807) is 11.8 Å². The minimum Gasteiger partial charge on any atom is -0.491 e. The van der Waals surface area contributed by atoms with Crippen LogP contribution in [-0.4, -0.2) is 18.0 Å². The molecule has 0 saturated heterocycles. The van der Waals surface area contributed by atoms with E-state index in [0.29, 0.717) is 42.2 Å². The van der Waals surface area contributed by atoms with E-state index in [4.69, 9.17) is 15.2 Å². The minimum atomic E-state index is -0.187. The summed E-state index contributed by atoms with van der Waals surface area (Å²) in [6.45, 7) is 16.2. The zero-order valence-corrected chi connectivity index (χ0v) is 27.8. The Labute approximate surface area is 257 Å². The van der Waals surface area contributed by atoms with Gasteiger partial charge in [0.05, 0.1) is 23.0 Å². The molecule has 224 valence electrons. The molecule has 0 saturated carbocycles. The molecule has 2 rings (SSSR count). The van der Waals surface area contributed by atoms with Gasteiger partial charge in [-0.3, -0.25) is 0 Å². The topological polar surface area (TPSA) is 92.1 Å². The molecule has 0 radical (unpaired) electrons. The number of nitrogens with zero attached hydrogens (tertiary/aromatic N) is 2. The average Bonchev–Trinajstić information content (AvgIpc) is 2.95. The SMILES string of the molecule is CCCCC(CC)COc1c(C#N)c(C#N)c(OCC(CC)CCCC)c(SC(C)(C)C)c1Sc1ccccc1N. The van der Waals surface area contributed by atoms with Crippen molar-refractivity contribution < 1.29 is 9.47 Å². The van der Waals surface area contributed by atoms with Gasteiger partial charge in [0.15, 0.2) is 11.5 Å². The summed E-state index contributed by atoms with van der Waals surface area (Å²) in [7, 11) is 0. The number of hydrogen-bond donors (Lipinski definition) is 1. The summed E-state index contributed by atoms with van der Waals surface area (Å²) in [6, 6.07) is 12.4. The van der Waals surface area contributed by atoms with Crippen LogP contribution in [-0.2, 0) is 0 Å². The zero-order valence-electron chi connectivity index (χ0n) is 26.1. The maximum absolute atomic E-state index is 10.4. The van der Waals surface area contributed by atoms with Crippen LogP contribution in [0.2, 0.25) is 0 Å². The van der Waals surface area contributed by atoms with Crippen molar-refractivity contribution in [2.45, 2.75) is 119 Å². The van der Waals surface area contributed by atoms with Gasteiger partial charge in [-0.05, 0) is 36.8 Å². The maximum atomic E-state index is 10.4. The number of nitrogen functional groups attached to an aromatic ring is 1. The Morgan fingerprint density at radius 1 is 0.805 bits per heavy atom. The third-order valence-electron chi connectivity index (χ3n) is 7.10. The average molecular weight is 596 g/mol. The largest absolute Gasteiger partial charge is 0.491 e. The lowest BCUT2D eigenvalue weighted by atomic mass is 10.00. The first-order valence-corrected chi connectivity index (χ1v) is 16.8. The van der Waals surface area contributed by atoms with Gasteiger partial charge in [0, 0.05) is 15.3 Å². The number of rotatable bonds is 17. The zero-order chi connectivity index (χ0) is 30.4. The smallest absolute Gasteiger partial charge is 0.153 e. The molecule has 0 aliphatic rings. The maximum Gasteiger partial charge on any atom is 0.153 e. The van der Waals surface area contributed by atoms with E-state index in [-0.39, 0.29) is 15.9 Å². The van der Waals surface area contributed by atoms with Crippen molar-refractivity contribution in [3.8, 4) is 23.6 Å². The van der Waals surface area contributed by atoms with Crippen molar-refractivity contribution >= 4 is 29.2 Å². The Bertz CT molecular complexity index is 1190. The first-order valence-electron chi connectivity index (χ1n) is 15.1. The Morgan fingerprint density at radius 2 is 1.29 bits per heavy atom. The van der Waals surface area contributed by atoms with E-state index < -0.39 is 0 Å². The highest BCUT2D eigenvalue weighted by molar-refractivity contribution is 8.03. The predicted molar refractivity (Wildman–Crippen MR) is 174 cm³/mol. The van der Waals surface area contributed by atoms with Crippen LogP contribution in [0, 0.1) is 34.5 Å². The van der Waals surface area contributed by atoms with E-state index in [1.165, 1.54) is 11.8 Å². The molecule has 0 aliphatic heterocycles. The highest BCUT2D eigenvalue weighted by Crippen LogP contribution is 2.53. The summed E-state index contributed by atoms with van der Waals surface area (Å²) in [5.41, 5.74) is 7.55. The lowest BCUT2D eigenvalue weighted by Gasteiger charge is -2.27. The predicted octanol–water partition coefficient (Wildman–Crippen LogP) is 10.2. The molecular weight excluding hydrogens is 547 g/mol. The number of unbranched alkanes of at least 4 members (excludes halogenated alkanes) is 2. The van der Waals surface area contributed by atoms with Crippen molar-refractivity contribution in [3.63, 3.8) is 0 Å². The summed E-state index contributed by atoms with van der Waals surface area (Å²) in [6.07, 6.45) is 8.64. The fourth-order valence-electron chi connectivity index (χ4n) is 4.52. The second-order valence-corrected chi connectivity index (χ2v) is 14.5. The molecule has 41 heavy (non-hydrogen) atoms. The molecule has 7 heteroatoms. The minimum absolute atomic E-state index is 0.187. The number of para-hydroxylation sites is 1. The van der Waals surface area contributed by atoms with Gasteiger partial charge in [-0.15, -0.1) is 11.8 Å². The fourth-order valence-corrected chi connectivity index (χ4v) is 6.82. The molecule has 0 heterocycles. The number of anilines is 1. The number of thioether (sulfide) groups is 1. The molecular formula is C34H49N3O2S2. The van der Waals surface area contributed by atoms with Crippen LogP contribution < -0.4 is 15.2 Å². The van der Waals surface area contributed by atoms with Gasteiger partial charge in [-0.1, -0.05) is 111 Å². The van der Waals surface area contributed by atoms with Gasteiger partial charge in [0.25, 0.3) is 0 Å². The quantitative estimate of drug-likeness (QED) is 0.144. The van der Waals surface area contributed by atoms with Gasteiger partial charge in [-0.2, -0.15) is 10.5 Å². The Kier molecular flexibility index (Phi) is 14.8. The number of benzene rings is 2. The molecule has 0 fully saturated rings. The summed E-state index contributed by atoms with van der Waals surface area (Å²) in [5, 5.41) is 20.9. The molecule has 2 aromatic rings. The van der Waals surface area contributed by atoms with Crippen LogP contribution in [0.5, 0.6) is 11.5 Å². The Balaban J connectivity index is 2.80. The molecule has 5 nitrogen and oxygen atoms in total. The molecule has 0 amide bonds. The van der Waals surface area contributed by atoms with Gasteiger partial charge >= 0.3 is 0 Å². The second kappa shape index (κ2) is 17.5. The Morgan fingerprint density at radius 3 is 1.71 bits per heavy atom. The molecule has 0 aliphatic carbocycles. The first kappa shape index (κ1) is 34.7. The van der Waals surface area contributed by atoms with Gasteiger partial charge < -0.3 is 15.2 Å². The van der Waals surface area contributed by atoms with E-state index in [2.05, 4.69) is 60.6 Å². The number of hydrogen-bond acceptors (Lipinski definition) is 7. The molecule has 0 bridgehead atoms. The highest BCUT2D eigenvalue weighted by atomic mass is 32.2. The normalized spacial score (nSPS) is 12.8. The third kappa shape index (κ3) is 10.4. The van der Waals surface area contributed by atoms with Crippen molar-refractivity contribution in [1.29, 1.82) is 10.5 Å². The number of nitrogens with two attached hydrogens (primary N) is 1. The van der Waals surface area contributed by atoms with E-state index in [0.717, 1.165) is 66.1 Å². The number of ether oxygens (including phenoxy) is 2. The lowest BCUT2D eigenvalue weighted by molar-refractivity contribution is 0.218. The van der Waals surface area contributed by atoms with Crippen LogP contribution in [0.4, 0.5) is 5.69 Å². The number of nitriles is 2. The summed E-state index contributed by atoms with van der Waals surface area (Å²) >= 11 is 3.14. The molecule has 2 unspecified atom stereocenters. The summed E-state index contributed by atoms with van der Waals surface area (Å²) in [5.74, 6) is 1.69. The van der Waals surface area contributed by atoms with Crippen LogP contribution >= 0.6 is 23.5 Å². The van der Waals surface area contributed by atoms with Gasteiger partial charge in [0.1, 0.15) is 23.3 Å². The first-order chi connectivity index (χ1) is 19.6. The van der Waals surface area contributed by atoms with Crippen molar-refractivity contribution in [1.82, 2.24) is 0 Å². The Hall–Kier alpha value is -2.48. The van der Waals surface area contributed by atoms with Crippen LogP contribution in [0.3, 0.4) is 0 Å². The molecule has 2 aromatic carbocycles. The van der Waals surface area contributed by atoms with E-state index >= 15 is 0 Å².